The Labute approximate surface area is 131 Å². The number of nitrogens with two attached hydrogens (primary N) is 1. The highest BCUT2D eigenvalue weighted by molar-refractivity contribution is 9.10. The second kappa shape index (κ2) is 6.20. The fourth-order valence-corrected chi connectivity index (χ4v) is 2.73. The SMILES string of the molecule is NC(Cc1cccc(Br)c1)c1cnnn1-c1ccccc1. The van der Waals surface area contributed by atoms with Crippen LogP contribution in [0.4, 0.5) is 0 Å². The molecule has 0 aliphatic heterocycles. The molecule has 0 radical (unpaired) electrons. The van der Waals surface area contributed by atoms with Crippen molar-refractivity contribution in [2.24, 2.45) is 5.73 Å². The van der Waals surface area contributed by atoms with Gasteiger partial charge in [-0.3, -0.25) is 0 Å². The molecule has 21 heavy (non-hydrogen) atoms. The standard InChI is InChI=1S/C16H15BrN4/c17-13-6-4-5-12(9-13)10-15(18)16-11-19-20-21(16)14-7-2-1-3-8-14/h1-9,11,15H,10,18H2. The summed E-state index contributed by atoms with van der Waals surface area (Å²) in [5.41, 5.74) is 9.39. The van der Waals surface area contributed by atoms with Crippen LogP contribution >= 0.6 is 15.9 Å². The van der Waals surface area contributed by atoms with Gasteiger partial charge in [-0.2, -0.15) is 0 Å². The highest BCUT2D eigenvalue weighted by Crippen LogP contribution is 2.20. The van der Waals surface area contributed by atoms with Crippen LogP contribution in [0.15, 0.2) is 65.3 Å². The molecule has 0 spiro atoms. The molecule has 0 fully saturated rings. The molecule has 1 aromatic heterocycles. The van der Waals surface area contributed by atoms with Crippen LogP contribution in [0, 0.1) is 0 Å². The van der Waals surface area contributed by atoms with Crippen molar-refractivity contribution in [3.63, 3.8) is 0 Å². The number of aromatic nitrogens is 3. The van der Waals surface area contributed by atoms with Gasteiger partial charge in [-0.15, -0.1) is 5.10 Å². The number of rotatable bonds is 4. The third kappa shape index (κ3) is 3.20. The Kier molecular flexibility index (Phi) is 4.13. The van der Waals surface area contributed by atoms with Crippen molar-refractivity contribution in [1.82, 2.24) is 15.0 Å². The van der Waals surface area contributed by atoms with Gasteiger partial charge in [-0.25, -0.2) is 4.68 Å². The minimum absolute atomic E-state index is 0.158. The number of nitrogens with zero attached hydrogens (tertiary/aromatic N) is 3. The zero-order valence-corrected chi connectivity index (χ0v) is 12.9. The van der Waals surface area contributed by atoms with E-state index in [1.165, 1.54) is 5.56 Å². The van der Waals surface area contributed by atoms with E-state index < -0.39 is 0 Å². The maximum Gasteiger partial charge on any atom is 0.0816 e. The second-order valence-corrected chi connectivity index (χ2v) is 5.76. The zero-order chi connectivity index (χ0) is 14.7. The Balaban J connectivity index is 1.86. The summed E-state index contributed by atoms with van der Waals surface area (Å²) in [5.74, 6) is 0. The predicted octanol–water partition coefficient (Wildman–Crippen LogP) is 3.27. The maximum absolute atomic E-state index is 6.34. The van der Waals surface area contributed by atoms with Gasteiger partial charge in [0.25, 0.3) is 0 Å². The molecular weight excluding hydrogens is 328 g/mol. The van der Waals surface area contributed by atoms with Crippen LogP contribution in [-0.2, 0) is 6.42 Å². The maximum atomic E-state index is 6.34. The first-order valence-corrected chi connectivity index (χ1v) is 7.49. The third-order valence-corrected chi connectivity index (χ3v) is 3.79. The normalized spacial score (nSPS) is 12.3. The van der Waals surface area contributed by atoms with Gasteiger partial charge in [0.05, 0.1) is 23.6 Å². The fraction of sp³-hybridized carbons (Fsp3) is 0.125. The lowest BCUT2D eigenvalue weighted by Gasteiger charge is -2.13. The summed E-state index contributed by atoms with van der Waals surface area (Å²) in [4.78, 5) is 0. The Morgan fingerprint density at radius 1 is 1.10 bits per heavy atom. The van der Waals surface area contributed by atoms with Gasteiger partial charge < -0.3 is 5.73 Å². The molecule has 2 aromatic carbocycles. The number of para-hydroxylation sites is 1. The summed E-state index contributed by atoms with van der Waals surface area (Å²) in [5, 5.41) is 8.15. The molecular formula is C16H15BrN4. The topological polar surface area (TPSA) is 56.7 Å². The van der Waals surface area contributed by atoms with Crippen LogP contribution in [0.25, 0.3) is 5.69 Å². The lowest BCUT2D eigenvalue weighted by Crippen LogP contribution is -2.17. The number of benzene rings is 2. The van der Waals surface area contributed by atoms with Gasteiger partial charge in [0.1, 0.15) is 0 Å². The number of halogens is 1. The van der Waals surface area contributed by atoms with E-state index in [1.807, 2.05) is 42.5 Å². The van der Waals surface area contributed by atoms with Crippen molar-refractivity contribution in [2.45, 2.75) is 12.5 Å². The zero-order valence-electron chi connectivity index (χ0n) is 11.4. The summed E-state index contributed by atoms with van der Waals surface area (Å²) < 4.78 is 2.85. The Morgan fingerprint density at radius 3 is 2.67 bits per heavy atom. The van der Waals surface area contributed by atoms with Crippen LogP contribution in [0.3, 0.4) is 0 Å². The number of hydrogen-bond acceptors (Lipinski definition) is 3. The van der Waals surface area contributed by atoms with Gasteiger partial charge in [0.15, 0.2) is 0 Å². The molecule has 5 heteroatoms. The van der Waals surface area contributed by atoms with E-state index in [4.69, 9.17) is 5.73 Å². The van der Waals surface area contributed by atoms with Crippen LogP contribution in [0.5, 0.6) is 0 Å². The predicted molar refractivity (Wildman–Crippen MR) is 86.1 cm³/mol. The molecule has 0 aliphatic carbocycles. The van der Waals surface area contributed by atoms with Crippen molar-refractivity contribution in [3.8, 4) is 5.69 Å². The molecule has 3 rings (SSSR count). The first kappa shape index (κ1) is 14.0. The smallest absolute Gasteiger partial charge is 0.0816 e. The third-order valence-electron chi connectivity index (χ3n) is 3.30. The molecule has 0 amide bonds. The average molecular weight is 343 g/mol. The van der Waals surface area contributed by atoms with Gasteiger partial charge >= 0.3 is 0 Å². The molecule has 1 atom stereocenters. The molecule has 0 saturated carbocycles. The van der Waals surface area contributed by atoms with E-state index in [0.29, 0.717) is 0 Å². The average Bonchev–Trinajstić information content (AvgIpc) is 2.98. The molecule has 1 heterocycles. The van der Waals surface area contributed by atoms with E-state index >= 15 is 0 Å². The van der Waals surface area contributed by atoms with E-state index in [2.05, 4.69) is 38.4 Å². The van der Waals surface area contributed by atoms with Gasteiger partial charge in [-0.1, -0.05) is 51.5 Å². The molecule has 106 valence electrons. The Hall–Kier alpha value is -1.98. The molecule has 4 nitrogen and oxygen atoms in total. The highest BCUT2D eigenvalue weighted by atomic mass is 79.9. The van der Waals surface area contributed by atoms with Crippen molar-refractivity contribution in [1.29, 1.82) is 0 Å². The van der Waals surface area contributed by atoms with Gasteiger partial charge in [0, 0.05) is 4.47 Å². The van der Waals surface area contributed by atoms with Gasteiger partial charge in [-0.05, 0) is 36.2 Å². The molecule has 0 bridgehead atoms. The first-order valence-electron chi connectivity index (χ1n) is 6.70. The minimum atomic E-state index is -0.158. The Bertz CT molecular complexity index is 724. The lowest BCUT2D eigenvalue weighted by atomic mass is 10.0. The van der Waals surface area contributed by atoms with E-state index in [0.717, 1.165) is 22.3 Å². The molecule has 3 aromatic rings. The van der Waals surface area contributed by atoms with Crippen LogP contribution in [0.1, 0.15) is 17.3 Å². The monoisotopic (exact) mass is 342 g/mol. The fourth-order valence-electron chi connectivity index (χ4n) is 2.29. The summed E-state index contributed by atoms with van der Waals surface area (Å²) in [6.07, 6.45) is 2.47. The highest BCUT2D eigenvalue weighted by Gasteiger charge is 2.14. The van der Waals surface area contributed by atoms with Crippen molar-refractivity contribution >= 4 is 15.9 Å². The number of hydrogen-bond donors (Lipinski definition) is 1. The minimum Gasteiger partial charge on any atom is -0.322 e. The summed E-state index contributed by atoms with van der Waals surface area (Å²) >= 11 is 3.48. The molecule has 1 unspecified atom stereocenters. The van der Waals surface area contributed by atoms with Crippen molar-refractivity contribution in [2.75, 3.05) is 0 Å². The molecule has 0 saturated heterocycles. The summed E-state index contributed by atoms with van der Waals surface area (Å²) in [7, 11) is 0. The van der Waals surface area contributed by atoms with Crippen LogP contribution in [-0.4, -0.2) is 15.0 Å². The molecule has 0 aliphatic rings. The van der Waals surface area contributed by atoms with Gasteiger partial charge in [0.2, 0.25) is 0 Å². The van der Waals surface area contributed by atoms with Crippen LogP contribution in [0.2, 0.25) is 0 Å². The summed E-state index contributed by atoms with van der Waals surface area (Å²) in [6, 6.07) is 17.9. The Morgan fingerprint density at radius 2 is 1.90 bits per heavy atom. The summed E-state index contributed by atoms with van der Waals surface area (Å²) in [6.45, 7) is 0. The quantitative estimate of drug-likeness (QED) is 0.791. The van der Waals surface area contributed by atoms with E-state index in [-0.39, 0.29) is 6.04 Å². The molecule has 2 N–H and O–H groups in total. The lowest BCUT2D eigenvalue weighted by molar-refractivity contribution is 0.649. The van der Waals surface area contributed by atoms with Crippen LogP contribution < -0.4 is 5.73 Å². The van der Waals surface area contributed by atoms with E-state index in [1.54, 1.807) is 10.9 Å². The van der Waals surface area contributed by atoms with Crippen molar-refractivity contribution < 1.29 is 0 Å². The van der Waals surface area contributed by atoms with Crippen molar-refractivity contribution in [3.05, 3.63) is 76.5 Å². The van der Waals surface area contributed by atoms with E-state index in [9.17, 15) is 0 Å². The largest absolute Gasteiger partial charge is 0.322 e. The first-order chi connectivity index (χ1) is 10.2. The second-order valence-electron chi connectivity index (χ2n) is 4.85.